The minimum atomic E-state index is -0.943. The van der Waals surface area contributed by atoms with Gasteiger partial charge in [-0.3, -0.25) is 19.8 Å². The molecule has 0 spiro atoms. The largest absolute Gasteiger partial charge is 2.00 e. The van der Waals surface area contributed by atoms with Crippen LogP contribution in [0.4, 0.5) is 0 Å². The van der Waals surface area contributed by atoms with Crippen LogP contribution in [0.2, 0.25) is 0 Å². The summed E-state index contributed by atoms with van der Waals surface area (Å²) < 4.78 is 0. The Kier molecular flexibility index (Phi) is 39.7. The Labute approximate surface area is 213 Å². The molecule has 195 valence electrons. The second-order valence-electron chi connectivity index (χ2n) is 5.57. The van der Waals surface area contributed by atoms with E-state index in [4.69, 9.17) is 10.2 Å². The molecule has 0 saturated heterocycles. The fourth-order valence-electron chi connectivity index (χ4n) is 1.13. The molecule has 0 aromatic carbocycles. The first-order valence-electron chi connectivity index (χ1n) is 7.67. The Bertz CT molecular complexity index is 697. The molecular formula is C16H32Cl2CoN6O8+2. The third-order valence-corrected chi connectivity index (χ3v) is 2.54. The summed E-state index contributed by atoms with van der Waals surface area (Å²) in [4.78, 5) is 42.2. The predicted molar refractivity (Wildman–Crippen MR) is 110 cm³/mol. The van der Waals surface area contributed by atoms with Crippen LogP contribution in [0.15, 0.2) is 12.4 Å². The fraction of sp³-hybridized carbons (Fsp3) is 0.375. The Balaban J connectivity index is -0.0000000539. The number of halogens is 2. The third kappa shape index (κ3) is 25.4. The molecule has 0 unspecified atom stereocenters. The molecule has 2 aromatic heterocycles. The van der Waals surface area contributed by atoms with Crippen LogP contribution in [0, 0.1) is 13.8 Å². The average molecular weight is 566 g/mol. The van der Waals surface area contributed by atoms with Crippen molar-refractivity contribution in [3.05, 3.63) is 34.9 Å². The molecule has 2 aromatic rings. The monoisotopic (exact) mass is 565 g/mol. The predicted octanol–water partition coefficient (Wildman–Crippen LogP) is -7.60. The number of carbonyl (C=O) groups is 4. The molecule has 0 fully saturated rings. The maximum atomic E-state index is 10.2. The van der Waals surface area contributed by atoms with Gasteiger partial charge in [0.1, 0.15) is 11.1 Å². The van der Waals surface area contributed by atoms with Gasteiger partial charge in [0.25, 0.3) is 0 Å². The van der Waals surface area contributed by atoms with Crippen LogP contribution in [-0.2, 0) is 37.3 Å². The summed E-state index contributed by atoms with van der Waals surface area (Å²) in [6, 6.07) is 0. The van der Waals surface area contributed by atoms with Crippen molar-refractivity contribution in [3.63, 3.8) is 0 Å². The Morgan fingerprint density at radius 1 is 0.788 bits per heavy atom. The van der Waals surface area contributed by atoms with Gasteiger partial charge >= 0.3 is 28.7 Å². The van der Waals surface area contributed by atoms with Crippen molar-refractivity contribution in [2.45, 2.75) is 13.8 Å². The number of carboxylic acid groups (broad SMARTS) is 2. The second kappa shape index (κ2) is 27.3. The van der Waals surface area contributed by atoms with E-state index in [2.05, 4.69) is 20.4 Å². The van der Waals surface area contributed by atoms with Gasteiger partial charge in [-0.15, -0.1) is 0 Å². The van der Waals surface area contributed by atoms with Crippen molar-refractivity contribution in [1.82, 2.24) is 30.2 Å². The van der Waals surface area contributed by atoms with Crippen LogP contribution in [0.3, 0.4) is 0 Å². The molecule has 0 saturated carbocycles. The minimum Gasteiger partial charge on any atom is -1.00 e. The van der Waals surface area contributed by atoms with Gasteiger partial charge in [-0.05, 0) is 13.8 Å². The minimum absolute atomic E-state index is 0. The van der Waals surface area contributed by atoms with Crippen molar-refractivity contribution in [1.29, 1.82) is 0 Å². The zero-order chi connectivity index (χ0) is 22.3. The van der Waals surface area contributed by atoms with E-state index in [1.807, 2.05) is 0 Å². The van der Waals surface area contributed by atoms with E-state index >= 15 is 0 Å². The van der Waals surface area contributed by atoms with Gasteiger partial charge in [-0.1, -0.05) is 0 Å². The molecule has 0 aliphatic rings. The SMILES string of the molecule is CN(C)C=O.CN(C)C=O.Cc1[nH]ncc1C(=O)O.Cc1[nH]ncc1C(=O)O.[Cl-].[Cl-].[Co+2].[OH3+].[OH3+]. The molecular weight excluding hydrogens is 534 g/mol. The molecule has 17 heteroatoms. The summed E-state index contributed by atoms with van der Waals surface area (Å²) in [5.41, 5.74) is 1.63. The summed E-state index contributed by atoms with van der Waals surface area (Å²) in [6.07, 6.45) is 4.08. The summed E-state index contributed by atoms with van der Waals surface area (Å²) >= 11 is 0. The molecule has 2 amide bonds. The number of nitrogens with zero attached hydrogens (tertiary/aromatic N) is 4. The number of aryl methyl sites for hydroxylation is 2. The zero-order valence-corrected chi connectivity index (χ0v) is 21.4. The van der Waals surface area contributed by atoms with Crippen LogP contribution in [0.5, 0.6) is 0 Å². The third-order valence-electron chi connectivity index (χ3n) is 2.54. The van der Waals surface area contributed by atoms with Crippen molar-refractivity contribution < 1.29 is 81.9 Å². The van der Waals surface area contributed by atoms with Crippen LogP contribution in [0.1, 0.15) is 32.1 Å². The van der Waals surface area contributed by atoms with Crippen molar-refractivity contribution in [2.24, 2.45) is 0 Å². The van der Waals surface area contributed by atoms with Crippen LogP contribution in [-0.4, -0.2) is 93.4 Å². The van der Waals surface area contributed by atoms with Crippen molar-refractivity contribution >= 4 is 24.8 Å². The number of hydrogen-bond donors (Lipinski definition) is 4. The number of aromatic nitrogens is 4. The fourth-order valence-corrected chi connectivity index (χ4v) is 1.13. The maximum absolute atomic E-state index is 10.2. The van der Waals surface area contributed by atoms with Gasteiger partial charge < -0.3 is 55.8 Å². The van der Waals surface area contributed by atoms with E-state index in [1.165, 1.54) is 22.2 Å². The quantitative estimate of drug-likeness (QED) is 0.204. The molecule has 2 rings (SSSR count). The molecule has 2 heterocycles. The van der Waals surface area contributed by atoms with Gasteiger partial charge in [0, 0.05) is 39.6 Å². The van der Waals surface area contributed by atoms with Gasteiger partial charge in [0.15, 0.2) is 0 Å². The van der Waals surface area contributed by atoms with Gasteiger partial charge in [0.05, 0.1) is 12.4 Å². The topological polar surface area (TPSA) is 239 Å². The van der Waals surface area contributed by atoms with Crippen molar-refractivity contribution in [3.8, 4) is 0 Å². The van der Waals surface area contributed by atoms with Gasteiger partial charge in [-0.25, -0.2) is 9.59 Å². The molecule has 14 nitrogen and oxygen atoms in total. The number of rotatable bonds is 4. The van der Waals surface area contributed by atoms with E-state index in [9.17, 15) is 19.2 Å². The number of amides is 2. The molecule has 33 heavy (non-hydrogen) atoms. The van der Waals surface area contributed by atoms with Crippen LogP contribution in [0.25, 0.3) is 0 Å². The first-order valence-corrected chi connectivity index (χ1v) is 7.67. The summed E-state index contributed by atoms with van der Waals surface area (Å²) in [5.74, 6) is -1.89. The number of carbonyl (C=O) groups excluding carboxylic acids is 2. The summed E-state index contributed by atoms with van der Waals surface area (Å²) in [6.45, 7) is 3.33. The zero-order valence-electron chi connectivity index (χ0n) is 18.9. The van der Waals surface area contributed by atoms with Gasteiger partial charge in [-0.2, -0.15) is 10.2 Å². The molecule has 0 aliphatic heterocycles. The maximum Gasteiger partial charge on any atom is 2.00 e. The smallest absolute Gasteiger partial charge is 1.00 e. The number of aromatic carboxylic acids is 2. The van der Waals surface area contributed by atoms with Gasteiger partial charge in [0.2, 0.25) is 12.8 Å². The van der Waals surface area contributed by atoms with E-state index in [-0.39, 0.29) is 63.7 Å². The Morgan fingerprint density at radius 2 is 1.00 bits per heavy atom. The number of carboxylic acids is 2. The number of hydrogen-bond acceptors (Lipinski definition) is 6. The average Bonchev–Trinajstić information content (AvgIpc) is 3.24. The molecule has 0 atom stereocenters. The first-order chi connectivity index (χ1) is 13.0. The second-order valence-corrected chi connectivity index (χ2v) is 5.57. The molecule has 1 radical (unpaired) electrons. The van der Waals surface area contributed by atoms with Crippen LogP contribution < -0.4 is 24.8 Å². The number of nitrogens with one attached hydrogen (secondary N) is 2. The molecule has 0 bridgehead atoms. The Morgan fingerprint density at radius 3 is 1.06 bits per heavy atom. The van der Waals surface area contributed by atoms with E-state index in [1.54, 1.807) is 42.0 Å². The van der Waals surface area contributed by atoms with Crippen molar-refractivity contribution in [2.75, 3.05) is 28.2 Å². The summed E-state index contributed by atoms with van der Waals surface area (Å²) in [7, 11) is 6.75. The number of H-pyrrole nitrogens is 2. The van der Waals surface area contributed by atoms with Crippen LogP contribution >= 0.6 is 0 Å². The molecule has 0 aliphatic carbocycles. The standard InChI is InChI=1S/2C5H6N2O2.2C3H7NO.2ClH.Co.2H2O/c2*1-3-4(5(8)9)2-6-7-3;2*1-4(2)3-5;;;;;/h2*2H,1H3,(H,6,7)(H,8,9);2*3H,1-2H3;2*1H;;2*1H2/q;;;;;;+2;;. The van der Waals surface area contributed by atoms with E-state index < -0.39 is 11.9 Å². The molecule has 10 N–H and O–H groups in total. The van der Waals surface area contributed by atoms with E-state index in [0.29, 0.717) is 11.4 Å². The number of aromatic amines is 2. The first kappa shape index (κ1) is 47.9. The summed E-state index contributed by atoms with van der Waals surface area (Å²) in [5, 5.41) is 28.9. The Hall–Kier alpha value is -2.69. The normalized spacial score (nSPS) is 7.21. The van der Waals surface area contributed by atoms with E-state index in [0.717, 1.165) is 12.8 Å².